The molecule has 2 aromatic rings. The summed E-state index contributed by atoms with van der Waals surface area (Å²) in [4.78, 5) is 0. The predicted molar refractivity (Wildman–Crippen MR) is 121 cm³/mol. The minimum absolute atomic E-state index is 0.188. The summed E-state index contributed by atoms with van der Waals surface area (Å²) in [6.07, 6.45) is 9.24. The van der Waals surface area contributed by atoms with Crippen molar-refractivity contribution in [2.75, 3.05) is 0 Å². The lowest BCUT2D eigenvalue weighted by Crippen LogP contribution is -2.37. The maximum Gasteiger partial charge on any atom is 0.212 e. The quantitative estimate of drug-likeness (QED) is 0.500. The van der Waals surface area contributed by atoms with Crippen molar-refractivity contribution in [3.63, 3.8) is 0 Å². The fourth-order valence-electron chi connectivity index (χ4n) is 4.93. The summed E-state index contributed by atoms with van der Waals surface area (Å²) in [7, 11) is 2.23. The second kappa shape index (κ2) is 7.65. The van der Waals surface area contributed by atoms with Gasteiger partial charge >= 0.3 is 0 Å². The zero-order valence-corrected chi connectivity index (χ0v) is 19.4. The highest BCUT2D eigenvalue weighted by atomic mass is 14.9. The first-order valence-corrected chi connectivity index (χ1v) is 11.2. The van der Waals surface area contributed by atoms with Crippen LogP contribution in [0.3, 0.4) is 0 Å². The van der Waals surface area contributed by atoms with Crippen LogP contribution in [0.25, 0.3) is 11.3 Å². The molecular formula is C27H40N+. The third kappa shape index (κ3) is 4.04. The summed E-state index contributed by atoms with van der Waals surface area (Å²) in [5, 5.41) is 0. The van der Waals surface area contributed by atoms with Crippen molar-refractivity contribution >= 4 is 0 Å². The highest BCUT2D eigenvalue weighted by Crippen LogP contribution is 2.42. The Kier molecular flexibility index (Phi) is 5.76. The van der Waals surface area contributed by atoms with Gasteiger partial charge in [0.25, 0.3) is 0 Å². The number of pyridine rings is 1. The van der Waals surface area contributed by atoms with E-state index in [9.17, 15) is 0 Å². The molecule has 1 nitrogen and oxygen atoms in total. The average molecular weight is 379 g/mol. The standard InChI is InChI=1S/C27H40N/c1-19(2)23-17-25(22-13-12-21(16-20(22)3)26(4,5)6)28(8)18-24(23)27(7)14-10-9-11-15-27/h12-13,16-19H,9-11,14-15H2,1-8H3/q+1. The Hall–Kier alpha value is -1.63. The van der Waals surface area contributed by atoms with Gasteiger partial charge in [0.15, 0.2) is 6.20 Å². The summed E-state index contributed by atoms with van der Waals surface area (Å²) >= 11 is 0. The van der Waals surface area contributed by atoms with E-state index in [1.54, 1.807) is 5.56 Å². The van der Waals surface area contributed by atoms with Gasteiger partial charge in [0, 0.05) is 17.2 Å². The van der Waals surface area contributed by atoms with Crippen LogP contribution in [0.2, 0.25) is 0 Å². The number of aromatic nitrogens is 1. The zero-order valence-electron chi connectivity index (χ0n) is 19.4. The molecule has 1 aliphatic carbocycles. The Morgan fingerprint density at radius 3 is 2.18 bits per heavy atom. The van der Waals surface area contributed by atoms with Gasteiger partial charge in [-0.2, -0.15) is 0 Å². The molecule has 0 bridgehead atoms. The lowest BCUT2D eigenvalue weighted by molar-refractivity contribution is -0.661. The van der Waals surface area contributed by atoms with Gasteiger partial charge in [0.05, 0.1) is 0 Å². The molecule has 0 spiro atoms. The molecule has 1 aliphatic rings. The molecule has 1 heterocycles. The van der Waals surface area contributed by atoms with Crippen LogP contribution < -0.4 is 4.57 Å². The second-order valence-electron chi connectivity index (χ2n) is 10.7. The fourth-order valence-corrected chi connectivity index (χ4v) is 4.93. The maximum absolute atomic E-state index is 2.50. The van der Waals surface area contributed by atoms with Crippen LogP contribution in [0.5, 0.6) is 0 Å². The lowest BCUT2D eigenvalue weighted by Gasteiger charge is -2.35. The first kappa shape index (κ1) is 21.1. The number of aryl methyl sites for hydroxylation is 2. The normalized spacial score (nSPS) is 17.2. The van der Waals surface area contributed by atoms with E-state index in [0.717, 1.165) is 0 Å². The van der Waals surface area contributed by atoms with Crippen molar-refractivity contribution in [2.24, 2.45) is 7.05 Å². The largest absolute Gasteiger partial charge is 0.212 e. The molecular weight excluding hydrogens is 338 g/mol. The van der Waals surface area contributed by atoms with Gasteiger partial charge < -0.3 is 0 Å². The van der Waals surface area contributed by atoms with E-state index in [1.807, 2.05) is 0 Å². The van der Waals surface area contributed by atoms with Crippen molar-refractivity contribution in [3.05, 3.63) is 52.7 Å². The Labute approximate surface area is 173 Å². The smallest absolute Gasteiger partial charge is 0.201 e. The first-order valence-electron chi connectivity index (χ1n) is 11.2. The van der Waals surface area contributed by atoms with Gasteiger partial charge in [-0.05, 0) is 59.3 Å². The molecule has 1 aromatic carbocycles. The molecule has 0 radical (unpaired) electrons. The topological polar surface area (TPSA) is 3.88 Å². The van der Waals surface area contributed by atoms with Crippen LogP contribution in [0.15, 0.2) is 30.5 Å². The van der Waals surface area contributed by atoms with E-state index in [2.05, 4.69) is 90.5 Å². The van der Waals surface area contributed by atoms with Gasteiger partial charge in [0.1, 0.15) is 7.05 Å². The van der Waals surface area contributed by atoms with Crippen LogP contribution in [-0.4, -0.2) is 0 Å². The van der Waals surface area contributed by atoms with E-state index >= 15 is 0 Å². The van der Waals surface area contributed by atoms with E-state index in [-0.39, 0.29) is 5.41 Å². The average Bonchev–Trinajstić information content (AvgIpc) is 2.61. The van der Waals surface area contributed by atoms with Gasteiger partial charge in [-0.1, -0.05) is 72.9 Å². The van der Waals surface area contributed by atoms with E-state index in [0.29, 0.717) is 11.3 Å². The SMILES string of the molecule is Cc1cc(C(C)(C)C)ccc1-c1cc(C(C)C)c(C2(C)CCCCC2)c[n+]1C. The molecule has 1 saturated carbocycles. The summed E-state index contributed by atoms with van der Waals surface area (Å²) < 4.78 is 2.38. The molecule has 3 rings (SSSR count). The summed E-state index contributed by atoms with van der Waals surface area (Å²) in [5.74, 6) is 0.544. The molecule has 1 heteroatoms. The van der Waals surface area contributed by atoms with Crippen molar-refractivity contribution in [2.45, 2.75) is 97.3 Å². The van der Waals surface area contributed by atoms with E-state index in [4.69, 9.17) is 0 Å². The highest BCUT2D eigenvalue weighted by Gasteiger charge is 2.34. The molecule has 0 unspecified atom stereocenters. The molecule has 1 aromatic heterocycles. The van der Waals surface area contributed by atoms with E-state index < -0.39 is 0 Å². The van der Waals surface area contributed by atoms with Crippen LogP contribution in [0.4, 0.5) is 0 Å². The Morgan fingerprint density at radius 2 is 1.64 bits per heavy atom. The van der Waals surface area contributed by atoms with Crippen LogP contribution >= 0.6 is 0 Å². The van der Waals surface area contributed by atoms with Gasteiger partial charge in [-0.15, -0.1) is 0 Å². The monoisotopic (exact) mass is 378 g/mol. The summed E-state index contributed by atoms with van der Waals surface area (Å²) in [5.41, 5.74) is 9.12. The molecule has 0 amide bonds. The van der Waals surface area contributed by atoms with Crippen molar-refractivity contribution in [1.29, 1.82) is 0 Å². The molecule has 28 heavy (non-hydrogen) atoms. The number of rotatable bonds is 3. The van der Waals surface area contributed by atoms with E-state index in [1.165, 1.54) is 60.1 Å². The van der Waals surface area contributed by atoms with Crippen molar-refractivity contribution in [1.82, 2.24) is 0 Å². The highest BCUT2D eigenvalue weighted by molar-refractivity contribution is 5.63. The third-order valence-corrected chi connectivity index (χ3v) is 6.90. The Bertz CT molecular complexity index is 845. The van der Waals surface area contributed by atoms with Crippen LogP contribution in [0.1, 0.15) is 102 Å². The maximum atomic E-state index is 2.50. The fraction of sp³-hybridized carbons (Fsp3) is 0.593. The molecule has 0 aliphatic heterocycles. The molecule has 0 N–H and O–H groups in total. The van der Waals surface area contributed by atoms with Gasteiger partial charge in [-0.25, -0.2) is 4.57 Å². The van der Waals surface area contributed by atoms with Gasteiger partial charge in [-0.3, -0.25) is 0 Å². The van der Waals surface area contributed by atoms with Crippen molar-refractivity contribution in [3.8, 4) is 11.3 Å². The van der Waals surface area contributed by atoms with Crippen molar-refractivity contribution < 1.29 is 4.57 Å². The Balaban J connectivity index is 2.12. The molecule has 0 atom stereocenters. The Morgan fingerprint density at radius 1 is 1.00 bits per heavy atom. The van der Waals surface area contributed by atoms with Gasteiger partial charge in [0.2, 0.25) is 5.69 Å². The minimum Gasteiger partial charge on any atom is -0.201 e. The van der Waals surface area contributed by atoms with Crippen LogP contribution in [-0.2, 0) is 17.9 Å². The summed E-state index contributed by atoms with van der Waals surface area (Å²) in [6.45, 7) is 16.3. The van der Waals surface area contributed by atoms with Crippen LogP contribution in [0, 0.1) is 6.92 Å². The number of benzene rings is 1. The lowest BCUT2D eigenvalue weighted by atomic mass is 9.69. The second-order valence-corrected chi connectivity index (χ2v) is 10.7. The number of hydrogen-bond acceptors (Lipinski definition) is 0. The number of hydrogen-bond donors (Lipinski definition) is 0. The third-order valence-electron chi connectivity index (χ3n) is 6.90. The zero-order chi connectivity index (χ0) is 20.7. The first-order chi connectivity index (χ1) is 13.0. The molecule has 152 valence electrons. The summed E-state index contributed by atoms with van der Waals surface area (Å²) in [6, 6.07) is 9.50. The molecule has 0 saturated heterocycles. The minimum atomic E-state index is 0.188. The number of nitrogens with zero attached hydrogens (tertiary/aromatic N) is 1. The molecule has 1 fully saturated rings. The predicted octanol–water partition coefficient (Wildman–Crippen LogP) is 7.13.